The minimum Gasteiger partial charge on any atom is -0.354 e. The Balaban J connectivity index is 1.41. The molecule has 0 aliphatic carbocycles. The third kappa shape index (κ3) is 5.00. The smallest absolute Gasteiger partial charge is 0.236 e. The van der Waals surface area contributed by atoms with Gasteiger partial charge in [-0.15, -0.1) is 0 Å². The number of carbonyl (C=O) groups is 1. The molecule has 0 bridgehead atoms. The lowest BCUT2D eigenvalue weighted by atomic mass is 10.2. The summed E-state index contributed by atoms with van der Waals surface area (Å²) in [6.45, 7) is 4.82. The van der Waals surface area contributed by atoms with Crippen molar-refractivity contribution in [2.75, 3.05) is 51.2 Å². The zero-order chi connectivity index (χ0) is 17.5. The summed E-state index contributed by atoms with van der Waals surface area (Å²) in [5.74, 6) is 1.20. The second-order valence-electron chi connectivity index (χ2n) is 6.37. The van der Waals surface area contributed by atoms with Crippen LogP contribution in [0.25, 0.3) is 0 Å². The maximum Gasteiger partial charge on any atom is 0.236 e. The molecule has 1 aliphatic heterocycles. The first-order valence-corrected chi connectivity index (χ1v) is 8.73. The standard InChI is InChI=1S/C19H25N5O/c1-22(11-7-17-5-9-20-10-6-17)19(25)16-23-12-14-24(15-13-23)18-4-2-3-8-21-18/h2-6,8-10H,7,11-16H2,1H3. The molecule has 1 fully saturated rings. The summed E-state index contributed by atoms with van der Waals surface area (Å²) in [7, 11) is 1.88. The van der Waals surface area contributed by atoms with E-state index in [1.54, 1.807) is 12.4 Å². The van der Waals surface area contributed by atoms with E-state index in [0.29, 0.717) is 6.54 Å². The molecule has 25 heavy (non-hydrogen) atoms. The van der Waals surface area contributed by atoms with Crippen LogP contribution in [0.3, 0.4) is 0 Å². The van der Waals surface area contributed by atoms with Gasteiger partial charge in [-0.05, 0) is 36.2 Å². The maximum atomic E-state index is 12.4. The third-order valence-corrected chi connectivity index (χ3v) is 4.62. The molecular formula is C19H25N5O. The van der Waals surface area contributed by atoms with Gasteiger partial charge < -0.3 is 9.80 Å². The average Bonchev–Trinajstić information content (AvgIpc) is 2.68. The summed E-state index contributed by atoms with van der Waals surface area (Å²) in [6.07, 6.45) is 6.26. The molecule has 0 aromatic carbocycles. The highest BCUT2D eigenvalue weighted by Crippen LogP contribution is 2.12. The van der Waals surface area contributed by atoms with Crippen LogP contribution in [0.2, 0.25) is 0 Å². The van der Waals surface area contributed by atoms with E-state index in [2.05, 4.69) is 19.8 Å². The van der Waals surface area contributed by atoms with Gasteiger partial charge in [-0.3, -0.25) is 14.7 Å². The second-order valence-corrected chi connectivity index (χ2v) is 6.37. The monoisotopic (exact) mass is 339 g/mol. The number of hydrogen-bond acceptors (Lipinski definition) is 5. The number of likely N-dealkylation sites (N-methyl/N-ethyl adjacent to an activating group) is 1. The number of anilines is 1. The number of aromatic nitrogens is 2. The van der Waals surface area contributed by atoms with Crippen LogP contribution < -0.4 is 4.90 Å². The fourth-order valence-corrected chi connectivity index (χ4v) is 2.96. The van der Waals surface area contributed by atoms with Crippen LogP contribution in [0.1, 0.15) is 5.56 Å². The van der Waals surface area contributed by atoms with Gasteiger partial charge in [-0.1, -0.05) is 6.07 Å². The Labute approximate surface area is 149 Å². The van der Waals surface area contributed by atoms with Crippen molar-refractivity contribution in [2.45, 2.75) is 6.42 Å². The van der Waals surface area contributed by atoms with Gasteiger partial charge in [0.15, 0.2) is 0 Å². The number of nitrogens with zero attached hydrogens (tertiary/aromatic N) is 5. The molecule has 2 aromatic rings. The van der Waals surface area contributed by atoms with Crippen LogP contribution in [-0.4, -0.2) is 72.0 Å². The molecule has 1 amide bonds. The van der Waals surface area contributed by atoms with Gasteiger partial charge in [-0.25, -0.2) is 4.98 Å². The summed E-state index contributed by atoms with van der Waals surface area (Å²) >= 11 is 0. The Kier molecular flexibility index (Phi) is 5.95. The quantitative estimate of drug-likeness (QED) is 0.794. The molecule has 0 atom stereocenters. The van der Waals surface area contributed by atoms with Crippen LogP contribution in [0.15, 0.2) is 48.9 Å². The van der Waals surface area contributed by atoms with E-state index in [1.165, 1.54) is 5.56 Å². The maximum absolute atomic E-state index is 12.4. The van der Waals surface area contributed by atoms with Crippen molar-refractivity contribution in [1.29, 1.82) is 0 Å². The van der Waals surface area contributed by atoms with Crippen molar-refractivity contribution in [3.05, 3.63) is 54.5 Å². The predicted octanol–water partition coefficient (Wildman–Crippen LogP) is 1.30. The second kappa shape index (κ2) is 8.58. The first-order chi connectivity index (χ1) is 12.2. The fourth-order valence-electron chi connectivity index (χ4n) is 2.96. The van der Waals surface area contributed by atoms with E-state index < -0.39 is 0 Å². The van der Waals surface area contributed by atoms with Gasteiger partial charge in [-0.2, -0.15) is 0 Å². The van der Waals surface area contributed by atoms with Crippen molar-refractivity contribution in [3.8, 4) is 0 Å². The van der Waals surface area contributed by atoms with E-state index in [9.17, 15) is 4.79 Å². The normalized spacial score (nSPS) is 15.2. The Morgan fingerprint density at radius 3 is 2.52 bits per heavy atom. The Bertz CT molecular complexity index is 656. The fraction of sp³-hybridized carbons (Fsp3) is 0.421. The van der Waals surface area contributed by atoms with Gasteiger partial charge >= 0.3 is 0 Å². The van der Waals surface area contributed by atoms with Crippen molar-refractivity contribution in [3.63, 3.8) is 0 Å². The number of carbonyl (C=O) groups excluding carboxylic acids is 1. The molecule has 0 unspecified atom stereocenters. The average molecular weight is 339 g/mol. The third-order valence-electron chi connectivity index (χ3n) is 4.62. The largest absolute Gasteiger partial charge is 0.354 e. The van der Waals surface area contributed by atoms with Crippen LogP contribution >= 0.6 is 0 Å². The molecule has 6 nitrogen and oxygen atoms in total. The molecular weight excluding hydrogens is 314 g/mol. The number of pyridine rings is 2. The Morgan fingerprint density at radius 2 is 1.84 bits per heavy atom. The number of hydrogen-bond donors (Lipinski definition) is 0. The summed E-state index contributed by atoms with van der Waals surface area (Å²) in [5, 5.41) is 0. The molecule has 1 aliphatic rings. The van der Waals surface area contributed by atoms with Gasteiger partial charge in [0.2, 0.25) is 5.91 Å². The minimum absolute atomic E-state index is 0.181. The molecule has 0 saturated carbocycles. The lowest BCUT2D eigenvalue weighted by Crippen LogP contribution is -2.50. The van der Waals surface area contributed by atoms with E-state index in [0.717, 1.165) is 45.0 Å². The highest BCUT2D eigenvalue weighted by Gasteiger charge is 2.21. The Morgan fingerprint density at radius 1 is 1.08 bits per heavy atom. The molecule has 1 saturated heterocycles. The SMILES string of the molecule is CN(CCc1ccncc1)C(=O)CN1CCN(c2ccccn2)CC1. The molecule has 2 aromatic heterocycles. The molecule has 0 spiro atoms. The lowest BCUT2D eigenvalue weighted by molar-refractivity contribution is -0.131. The van der Waals surface area contributed by atoms with Gasteiger partial charge in [0.25, 0.3) is 0 Å². The highest BCUT2D eigenvalue weighted by atomic mass is 16.2. The minimum atomic E-state index is 0.181. The molecule has 132 valence electrons. The first-order valence-electron chi connectivity index (χ1n) is 8.73. The summed E-state index contributed by atoms with van der Waals surface area (Å²) < 4.78 is 0. The van der Waals surface area contributed by atoms with Crippen LogP contribution in [0.5, 0.6) is 0 Å². The van der Waals surface area contributed by atoms with Gasteiger partial charge in [0.1, 0.15) is 5.82 Å². The van der Waals surface area contributed by atoms with Crippen molar-refractivity contribution >= 4 is 11.7 Å². The topological polar surface area (TPSA) is 52.6 Å². The molecule has 0 radical (unpaired) electrons. The van der Waals surface area contributed by atoms with E-state index in [-0.39, 0.29) is 5.91 Å². The summed E-state index contributed by atoms with van der Waals surface area (Å²) in [4.78, 5) is 27.2. The molecule has 3 rings (SSSR count). The molecule has 3 heterocycles. The summed E-state index contributed by atoms with van der Waals surface area (Å²) in [5.41, 5.74) is 1.21. The number of amides is 1. The zero-order valence-electron chi connectivity index (χ0n) is 14.7. The summed E-state index contributed by atoms with van der Waals surface area (Å²) in [6, 6.07) is 9.97. The van der Waals surface area contributed by atoms with E-state index >= 15 is 0 Å². The van der Waals surface area contributed by atoms with Crippen molar-refractivity contribution in [2.24, 2.45) is 0 Å². The highest BCUT2D eigenvalue weighted by molar-refractivity contribution is 5.78. The first kappa shape index (κ1) is 17.4. The zero-order valence-corrected chi connectivity index (χ0v) is 14.7. The number of rotatable bonds is 6. The van der Waals surface area contributed by atoms with E-state index in [4.69, 9.17) is 0 Å². The molecule has 0 N–H and O–H groups in total. The van der Waals surface area contributed by atoms with Crippen LogP contribution in [-0.2, 0) is 11.2 Å². The van der Waals surface area contributed by atoms with Crippen molar-refractivity contribution in [1.82, 2.24) is 19.8 Å². The Hall–Kier alpha value is -2.47. The van der Waals surface area contributed by atoms with E-state index in [1.807, 2.05) is 48.5 Å². The lowest BCUT2D eigenvalue weighted by Gasteiger charge is -2.35. The van der Waals surface area contributed by atoms with Crippen LogP contribution in [0.4, 0.5) is 5.82 Å². The predicted molar refractivity (Wildman–Crippen MR) is 98.5 cm³/mol. The number of piperazine rings is 1. The van der Waals surface area contributed by atoms with Gasteiger partial charge in [0, 0.05) is 58.4 Å². The van der Waals surface area contributed by atoms with Crippen LogP contribution in [0, 0.1) is 0 Å². The van der Waals surface area contributed by atoms with Gasteiger partial charge in [0.05, 0.1) is 6.54 Å². The molecule has 6 heteroatoms. The van der Waals surface area contributed by atoms with Crippen molar-refractivity contribution < 1.29 is 4.79 Å².